The lowest BCUT2D eigenvalue weighted by atomic mass is 10.0. The number of carbonyl (C=O) groups excluding carboxylic acids is 2. The second-order valence-corrected chi connectivity index (χ2v) is 7.16. The molecule has 0 spiro atoms. The van der Waals surface area contributed by atoms with E-state index in [1.165, 1.54) is 7.05 Å². The molecule has 1 aliphatic rings. The Bertz CT molecular complexity index is 621. The molecule has 0 bridgehead atoms. The van der Waals surface area contributed by atoms with Crippen molar-refractivity contribution in [3.8, 4) is 0 Å². The van der Waals surface area contributed by atoms with Crippen molar-refractivity contribution in [2.45, 2.75) is 49.1 Å². The molecular weight excluding hydrogens is 414 g/mol. The van der Waals surface area contributed by atoms with Crippen molar-refractivity contribution in [3.05, 3.63) is 0 Å². The van der Waals surface area contributed by atoms with Gasteiger partial charge >= 0.3 is 11.9 Å². The highest BCUT2D eigenvalue weighted by Gasteiger charge is 2.49. The lowest BCUT2D eigenvalue weighted by Gasteiger charge is -2.28. The van der Waals surface area contributed by atoms with Crippen molar-refractivity contribution < 1.29 is 49.4 Å². The molecule has 1 heterocycles. The van der Waals surface area contributed by atoms with Crippen LogP contribution in [-0.4, -0.2) is 111 Å². The molecule has 1 saturated heterocycles. The number of carboxylic acid groups (broad SMARTS) is 2. The van der Waals surface area contributed by atoms with Gasteiger partial charge in [-0.3, -0.25) is 14.4 Å². The number of carboxylic acids is 2. The van der Waals surface area contributed by atoms with Crippen LogP contribution in [0.3, 0.4) is 0 Å². The van der Waals surface area contributed by atoms with Crippen LogP contribution in [0.4, 0.5) is 0 Å². The third-order valence-electron chi connectivity index (χ3n) is 4.18. The summed E-state index contributed by atoms with van der Waals surface area (Å²) in [7, 11) is 1.32. The van der Waals surface area contributed by atoms with Gasteiger partial charge in [0.1, 0.15) is 30.4 Å². The summed E-state index contributed by atoms with van der Waals surface area (Å²) in [6.07, 6.45) is -6.02. The first-order valence-corrected chi connectivity index (χ1v) is 9.84. The first kappa shape index (κ1) is 25.1. The Hall–Kier alpha value is -1.97. The number of nitrogens with one attached hydrogen (secondary N) is 3. The maximum Gasteiger partial charge on any atom is 0.327 e. The fourth-order valence-corrected chi connectivity index (χ4v) is 3.17. The molecule has 13 nitrogen and oxygen atoms in total. The quantitative estimate of drug-likeness (QED) is 0.154. The summed E-state index contributed by atoms with van der Waals surface area (Å²) in [5, 5.41) is 54.2. The normalized spacial score (nSPS) is 26.9. The van der Waals surface area contributed by atoms with Gasteiger partial charge in [0.15, 0.2) is 6.29 Å². The average Bonchev–Trinajstić information content (AvgIpc) is 2.90. The first-order chi connectivity index (χ1) is 13.5. The Labute approximate surface area is 169 Å². The Kier molecular flexibility index (Phi) is 9.75. The molecule has 0 aliphatic carbocycles. The lowest BCUT2D eigenvalue weighted by Crippen LogP contribution is -2.61. The van der Waals surface area contributed by atoms with Gasteiger partial charge in [0.05, 0.1) is 12.5 Å². The zero-order chi connectivity index (χ0) is 22.3. The number of amides is 2. The van der Waals surface area contributed by atoms with E-state index in [1.807, 2.05) is 0 Å². The van der Waals surface area contributed by atoms with Gasteiger partial charge in [0.25, 0.3) is 0 Å². The lowest BCUT2D eigenvalue weighted by molar-refractivity contribution is -0.150. The van der Waals surface area contributed by atoms with E-state index in [0.717, 1.165) is 11.8 Å². The minimum Gasteiger partial charge on any atom is -0.481 e. The van der Waals surface area contributed by atoms with E-state index in [2.05, 4.69) is 16.0 Å². The van der Waals surface area contributed by atoms with E-state index in [9.17, 15) is 39.6 Å². The number of ether oxygens (including phenoxy) is 1. The number of aliphatic carboxylic acids is 2. The molecular formula is C15H25N3O10S. The summed E-state index contributed by atoms with van der Waals surface area (Å²) in [5.41, 5.74) is 0. The van der Waals surface area contributed by atoms with E-state index < -0.39 is 72.9 Å². The minimum absolute atomic E-state index is 0.000772. The molecule has 8 N–H and O–H groups in total. The van der Waals surface area contributed by atoms with Crippen LogP contribution in [0, 0.1) is 0 Å². The molecule has 0 radical (unpaired) electrons. The van der Waals surface area contributed by atoms with Crippen molar-refractivity contribution >= 4 is 35.5 Å². The van der Waals surface area contributed by atoms with E-state index in [1.54, 1.807) is 6.26 Å². The number of carbonyl (C=O) groups is 4. The van der Waals surface area contributed by atoms with E-state index in [4.69, 9.17) is 9.84 Å². The third kappa shape index (κ3) is 6.80. The molecule has 0 aromatic rings. The highest BCUT2D eigenvalue weighted by atomic mass is 32.2. The van der Waals surface area contributed by atoms with Crippen molar-refractivity contribution in [1.29, 1.82) is 0 Å². The van der Waals surface area contributed by atoms with Crippen LogP contribution in [0.2, 0.25) is 0 Å². The van der Waals surface area contributed by atoms with Gasteiger partial charge in [0.2, 0.25) is 11.8 Å². The second kappa shape index (κ2) is 11.3. The van der Waals surface area contributed by atoms with Crippen LogP contribution in [0.1, 0.15) is 6.42 Å². The second-order valence-electron chi connectivity index (χ2n) is 6.25. The molecule has 2 amide bonds. The number of aliphatic hydroxyl groups excluding tert-OH is 3. The Morgan fingerprint density at radius 1 is 1.00 bits per heavy atom. The Balaban J connectivity index is 3.08. The predicted molar refractivity (Wildman–Crippen MR) is 97.9 cm³/mol. The fourth-order valence-electron chi connectivity index (χ4n) is 2.61. The van der Waals surface area contributed by atoms with Crippen LogP contribution in [-0.2, 0) is 23.9 Å². The fraction of sp³-hybridized carbons (Fsp3) is 0.733. The van der Waals surface area contributed by atoms with Crippen molar-refractivity contribution in [3.63, 3.8) is 0 Å². The third-order valence-corrected chi connectivity index (χ3v) is 4.84. The van der Waals surface area contributed by atoms with Gasteiger partial charge in [0, 0.05) is 5.75 Å². The topological polar surface area (TPSA) is 215 Å². The molecule has 0 aromatic heterocycles. The van der Waals surface area contributed by atoms with Gasteiger partial charge in [-0.1, -0.05) is 0 Å². The number of thioether (sulfide) groups is 1. The van der Waals surface area contributed by atoms with Crippen LogP contribution >= 0.6 is 11.8 Å². The summed E-state index contributed by atoms with van der Waals surface area (Å²) in [4.78, 5) is 47.2. The van der Waals surface area contributed by atoms with Gasteiger partial charge in [-0.15, -0.1) is 0 Å². The minimum atomic E-state index is -1.84. The predicted octanol–water partition coefficient (Wildman–Crippen LogP) is -4.09. The van der Waals surface area contributed by atoms with Crippen molar-refractivity contribution in [1.82, 2.24) is 16.0 Å². The molecule has 0 saturated carbocycles. The standard InChI is InChI=1S/C15H25N3O10S/c1-16-5(3-7(19)20)12(23)18-8(11-9(21)10(22)15(27)28-11)13(24)17-6(4-29-2)14(25)26/h5-6,8-11,15-16,21-22,27H,3-4H2,1-2H3,(H,17,24)(H,18,23)(H,19,20)(H,25,26)/t5-,6-,8+,9+,10+,11?,15-/m0/s1. The van der Waals surface area contributed by atoms with Crippen LogP contribution < -0.4 is 16.0 Å². The zero-order valence-corrected chi connectivity index (χ0v) is 16.5. The summed E-state index contributed by atoms with van der Waals surface area (Å²) in [6, 6.07) is -4.31. The smallest absolute Gasteiger partial charge is 0.327 e. The molecule has 7 atom stereocenters. The molecule has 1 unspecified atom stereocenters. The summed E-state index contributed by atoms with van der Waals surface area (Å²) in [5.74, 6) is -4.65. The number of aliphatic hydroxyl groups is 3. The largest absolute Gasteiger partial charge is 0.481 e. The molecule has 14 heteroatoms. The number of likely N-dealkylation sites (N-methyl/N-ethyl adjacent to an activating group) is 1. The molecule has 1 rings (SSSR count). The highest BCUT2D eigenvalue weighted by molar-refractivity contribution is 7.98. The van der Waals surface area contributed by atoms with E-state index in [0.29, 0.717) is 0 Å². The van der Waals surface area contributed by atoms with Gasteiger partial charge in [-0.2, -0.15) is 11.8 Å². The van der Waals surface area contributed by atoms with E-state index in [-0.39, 0.29) is 5.75 Å². The van der Waals surface area contributed by atoms with Crippen LogP contribution in [0.15, 0.2) is 0 Å². The highest BCUT2D eigenvalue weighted by Crippen LogP contribution is 2.23. The molecule has 0 aromatic carbocycles. The van der Waals surface area contributed by atoms with E-state index >= 15 is 0 Å². The zero-order valence-electron chi connectivity index (χ0n) is 15.6. The molecule has 29 heavy (non-hydrogen) atoms. The summed E-state index contributed by atoms with van der Waals surface area (Å²) < 4.78 is 4.96. The molecule has 166 valence electrons. The molecule has 1 fully saturated rings. The SMILES string of the molecule is CN[C@@H](CC(=O)O)C(=O)N[C@@H](C(=O)N[C@@H](CSC)C(=O)O)C1O[C@H](O)[C@H](O)[C@H]1O. The van der Waals surface area contributed by atoms with Crippen LogP contribution in [0.5, 0.6) is 0 Å². The Morgan fingerprint density at radius 2 is 1.62 bits per heavy atom. The maximum atomic E-state index is 12.7. The first-order valence-electron chi connectivity index (χ1n) is 8.44. The van der Waals surface area contributed by atoms with Crippen LogP contribution in [0.25, 0.3) is 0 Å². The Morgan fingerprint density at radius 3 is 2.03 bits per heavy atom. The number of rotatable bonds is 11. The van der Waals surface area contributed by atoms with Gasteiger partial charge < -0.3 is 46.2 Å². The average molecular weight is 439 g/mol. The molecule has 1 aliphatic heterocycles. The summed E-state index contributed by atoms with van der Waals surface area (Å²) in [6.45, 7) is 0. The van der Waals surface area contributed by atoms with Gasteiger partial charge in [-0.25, -0.2) is 4.79 Å². The summed E-state index contributed by atoms with van der Waals surface area (Å²) >= 11 is 1.14. The van der Waals surface area contributed by atoms with Crippen molar-refractivity contribution in [2.24, 2.45) is 0 Å². The monoisotopic (exact) mass is 439 g/mol. The maximum absolute atomic E-state index is 12.7. The van der Waals surface area contributed by atoms with Gasteiger partial charge in [-0.05, 0) is 13.3 Å². The number of hydrogen-bond acceptors (Lipinski definition) is 10. The number of hydrogen-bond donors (Lipinski definition) is 8. The van der Waals surface area contributed by atoms with Crippen molar-refractivity contribution in [2.75, 3.05) is 19.1 Å².